The highest BCUT2D eigenvalue weighted by Gasteiger charge is 2.30. The average molecular weight is 174 g/mol. The monoisotopic (exact) mass is 174 g/mol. The molecule has 0 aliphatic rings. The Labute approximate surface area is 75.9 Å². The van der Waals surface area contributed by atoms with Crippen molar-refractivity contribution in [3.05, 3.63) is 0 Å². The van der Waals surface area contributed by atoms with Gasteiger partial charge in [-0.3, -0.25) is 0 Å². The van der Waals surface area contributed by atoms with Crippen molar-refractivity contribution in [1.29, 1.82) is 0 Å². The highest BCUT2D eigenvalue weighted by Crippen LogP contribution is 2.22. The van der Waals surface area contributed by atoms with E-state index in [2.05, 4.69) is 13.8 Å². The quantitative estimate of drug-likeness (QED) is 0.669. The van der Waals surface area contributed by atoms with Crippen LogP contribution in [0, 0.1) is 0 Å². The summed E-state index contributed by atoms with van der Waals surface area (Å²) < 4.78 is 5.54. The molecule has 0 aromatic rings. The number of aliphatic hydroxyl groups is 1. The highest BCUT2D eigenvalue weighted by molar-refractivity contribution is 4.82. The zero-order valence-corrected chi connectivity index (χ0v) is 8.76. The number of aliphatic hydroxyl groups excluding tert-OH is 1. The molecule has 2 nitrogen and oxygen atoms in total. The highest BCUT2D eigenvalue weighted by atomic mass is 16.5. The molecule has 0 aliphatic heterocycles. The van der Waals surface area contributed by atoms with Crippen LogP contribution in [-0.2, 0) is 4.74 Å². The standard InChI is InChI=1S/C10H22O2/c1-5-8-9(11)10(4,6-2)12-7-3/h9,11H,5-8H2,1-4H3. The molecule has 0 bridgehead atoms. The van der Waals surface area contributed by atoms with E-state index in [0.29, 0.717) is 6.61 Å². The predicted octanol–water partition coefficient (Wildman–Crippen LogP) is 2.35. The first-order valence-corrected chi connectivity index (χ1v) is 4.92. The molecule has 74 valence electrons. The van der Waals surface area contributed by atoms with Crippen LogP contribution >= 0.6 is 0 Å². The molecule has 0 spiro atoms. The van der Waals surface area contributed by atoms with Gasteiger partial charge >= 0.3 is 0 Å². The van der Waals surface area contributed by atoms with Gasteiger partial charge in [0.05, 0.1) is 11.7 Å². The molecule has 1 N–H and O–H groups in total. The Balaban J connectivity index is 4.08. The Kier molecular flexibility index (Phi) is 5.51. The molecule has 2 atom stereocenters. The SMILES string of the molecule is CCCC(O)C(C)(CC)OCC. The van der Waals surface area contributed by atoms with Gasteiger partial charge < -0.3 is 9.84 Å². The summed E-state index contributed by atoms with van der Waals surface area (Å²) in [6.45, 7) is 8.74. The minimum absolute atomic E-state index is 0.326. The smallest absolute Gasteiger partial charge is 0.0909 e. The van der Waals surface area contributed by atoms with Crippen LogP contribution in [0.5, 0.6) is 0 Å². The molecule has 0 aromatic carbocycles. The topological polar surface area (TPSA) is 29.5 Å². The third kappa shape index (κ3) is 3.11. The van der Waals surface area contributed by atoms with Gasteiger partial charge in [0.2, 0.25) is 0 Å². The van der Waals surface area contributed by atoms with Gasteiger partial charge in [-0.2, -0.15) is 0 Å². The molecule has 0 saturated heterocycles. The van der Waals surface area contributed by atoms with E-state index in [9.17, 15) is 5.11 Å². The lowest BCUT2D eigenvalue weighted by molar-refractivity contribution is -0.113. The zero-order chi connectivity index (χ0) is 9.61. The lowest BCUT2D eigenvalue weighted by Crippen LogP contribution is -2.41. The molecule has 2 heteroatoms. The number of rotatable bonds is 6. The fourth-order valence-corrected chi connectivity index (χ4v) is 1.34. The van der Waals surface area contributed by atoms with Gasteiger partial charge in [-0.15, -0.1) is 0 Å². The Morgan fingerprint density at radius 2 is 1.92 bits per heavy atom. The molecule has 0 saturated carbocycles. The van der Waals surface area contributed by atoms with Crippen LogP contribution in [0.4, 0.5) is 0 Å². The maximum Gasteiger partial charge on any atom is 0.0909 e. The van der Waals surface area contributed by atoms with Gasteiger partial charge in [0.15, 0.2) is 0 Å². The number of hydrogen-bond donors (Lipinski definition) is 1. The first kappa shape index (κ1) is 11.9. The van der Waals surface area contributed by atoms with Gasteiger partial charge in [-0.05, 0) is 26.7 Å². The fraction of sp³-hybridized carbons (Fsp3) is 1.00. The van der Waals surface area contributed by atoms with Crippen molar-refractivity contribution in [2.75, 3.05) is 6.61 Å². The largest absolute Gasteiger partial charge is 0.390 e. The van der Waals surface area contributed by atoms with E-state index in [1.807, 2.05) is 13.8 Å². The van der Waals surface area contributed by atoms with E-state index in [4.69, 9.17) is 4.74 Å². The van der Waals surface area contributed by atoms with Crippen LogP contribution in [0.2, 0.25) is 0 Å². The Morgan fingerprint density at radius 1 is 1.33 bits per heavy atom. The predicted molar refractivity (Wildman–Crippen MR) is 51.2 cm³/mol. The molecule has 0 aromatic heterocycles. The summed E-state index contributed by atoms with van der Waals surface area (Å²) in [4.78, 5) is 0. The van der Waals surface area contributed by atoms with Gasteiger partial charge in [-0.1, -0.05) is 20.3 Å². The minimum Gasteiger partial charge on any atom is -0.390 e. The van der Waals surface area contributed by atoms with Gasteiger partial charge in [0, 0.05) is 6.61 Å². The van der Waals surface area contributed by atoms with Gasteiger partial charge in [0.25, 0.3) is 0 Å². The van der Waals surface area contributed by atoms with Crippen LogP contribution in [-0.4, -0.2) is 23.4 Å². The molecule has 12 heavy (non-hydrogen) atoms. The Morgan fingerprint density at radius 3 is 2.25 bits per heavy atom. The fourth-order valence-electron chi connectivity index (χ4n) is 1.34. The van der Waals surface area contributed by atoms with Crippen LogP contribution in [0.15, 0.2) is 0 Å². The number of ether oxygens (including phenoxy) is 1. The van der Waals surface area contributed by atoms with E-state index in [0.717, 1.165) is 19.3 Å². The van der Waals surface area contributed by atoms with E-state index in [1.54, 1.807) is 0 Å². The third-order valence-corrected chi connectivity index (χ3v) is 2.44. The second kappa shape index (κ2) is 5.55. The molecular weight excluding hydrogens is 152 g/mol. The Bertz CT molecular complexity index is 114. The summed E-state index contributed by atoms with van der Waals surface area (Å²) in [5, 5.41) is 9.77. The summed E-state index contributed by atoms with van der Waals surface area (Å²) in [5.74, 6) is 0. The molecule has 0 heterocycles. The molecule has 0 aliphatic carbocycles. The van der Waals surface area contributed by atoms with Crippen LogP contribution in [0.1, 0.15) is 47.0 Å². The van der Waals surface area contributed by atoms with Crippen molar-refractivity contribution < 1.29 is 9.84 Å². The van der Waals surface area contributed by atoms with E-state index in [-0.39, 0.29) is 11.7 Å². The maximum absolute atomic E-state index is 9.77. The van der Waals surface area contributed by atoms with Crippen molar-refractivity contribution in [2.45, 2.75) is 58.7 Å². The first-order valence-electron chi connectivity index (χ1n) is 4.92. The molecule has 2 unspecified atom stereocenters. The number of hydrogen-bond acceptors (Lipinski definition) is 2. The second-order valence-electron chi connectivity index (χ2n) is 3.40. The lowest BCUT2D eigenvalue weighted by atomic mass is 9.92. The van der Waals surface area contributed by atoms with Crippen LogP contribution in [0.3, 0.4) is 0 Å². The van der Waals surface area contributed by atoms with Crippen LogP contribution in [0.25, 0.3) is 0 Å². The van der Waals surface area contributed by atoms with Crippen molar-refractivity contribution in [1.82, 2.24) is 0 Å². The molecule has 0 rings (SSSR count). The molecule has 0 amide bonds. The summed E-state index contributed by atoms with van der Waals surface area (Å²) >= 11 is 0. The summed E-state index contributed by atoms with van der Waals surface area (Å²) in [7, 11) is 0. The first-order chi connectivity index (χ1) is 5.60. The van der Waals surface area contributed by atoms with Gasteiger partial charge in [0.1, 0.15) is 0 Å². The second-order valence-corrected chi connectivity index (χ2v) is 3.40. The molecule has 0 radical (unpaired) electrons. The van der Waals surface area contributed by atoms with Crippen molar-refractivity contribution in [3.8, 4) is 0 Å². The van der Waals surface area contributed by atoms with E-state index in [1.165, 1.54) is 0 Å². The van der Waals surface area contributed by atoms with Crippen molar-refractivity contribution in [3.63, 3.8) is 0 Å². The summed E-state index contributed by atoms with van der Waals surface area (Å²) in [6, 6.07) is 0. The van der Waals surface area contributed by atoms with Crippen LogP contribution < -0.4 is 0 Å². The lowest BCUT2D eigenvalue weighted by Gasteiger charge is -2.33. The van der Waals surface area contributed by atoms with Crippen molar-refractivity contribution in [2.24, 2.45) is 0 Å². The van der Waals surface area contributed by atoms with Crippen molar-refractivity contribution >= 4 is 0 Å². The van der Waals surface area contributed by atoms with Gasteiger partial charge in [-0.25, -0.2) is 0 Å². The molecular formula is C10H22O2. The molecule has 0 fully saturated rings. The van der Waals surface area contributed by atoms with E-state index >= 15 is 0 Å². The Hall–Kier alpha value is -0.0800. The third-order valence-electron chi connectivity index (χ3n) is 2.44. The zero-order valence-electron chi connectivity index (χ0n) is 8.76. The average Bonchev–Trinajstić information content (AvgIpc) is 2.05. The van der Waals surface area contributed by atoms with E-state index < -0.39 is 0 Å². The summed E-state index contributed by atoms with van der Waals surface area (Å²) in [6.07, 6.45) is 2.36. The minimum atomic E-state index is -0.342. The normalized spacial score (nSPS) is 18.8. The maximum atomic E-state index is 9.77. The summed E-state index contributed by atoms with van der Waals surface area (Å²) in [5.41, 5.74) is -0.342.